The van der Waals surface area contributed by atoms with Crippen LogP contribution < -0.4 is 4.72 Å². The highest BCUT2D eigenvalue weighted by molar-refractivity contribution is 7.89. The molecule has 1 aromatic carbocycles. The van der Waals surface area contributed by atoms with Crippen LogP contribution in [0, 0.1) is 0 Å². The van der Waals surface area contributed by atoms with Gasteiger partial charge < -0.3 is 5.11 Å². The summed E-state index contributed by atoms with van der Waals surface area (Å²) in [6, 6.07) is 4.00. The summed E-state index contributed by atoms with van der Waals surface area (Å²) in [5.74, 6) is -1.32. The first kappa shape index (κ1) is 15.5. The standard InChI is InChI=1S/C12H12ClN3O4S/c1-16-7-8(6-14-16)11(12(17)18)15-21(19,20)10-4-2-9(13)3-5-10/h2-7,11,15H,1H3,(H,17,18). The average molecular weight is 330 g/mol. The fraction of sp³-hybridized carbons (Fsp3) is 0.167. The van der Waals surface area contributed by atoms with Crippen molar-refractivity contribution in [3.63, 3.8) is 0 Å². The summed E-state index contributed by atoms with van der Waals surface area (Å²) < 4.78 is 27.9. The van der Waals surface area contributed by atoms with E-state index in [4.69, 9.17) is 11.6 Å². The molecule has 1 unspecified atom stereocenters. The van der Waals surface area contributed by atoms with E-state index in [1.807, 2.05) is 0 Å². The molecule has 21 heavy (non-hydrogen) atoms. The smallest absolute Gasteiger partial charge is 0.326 e. The lowest BCUT2D eigenvalue weighted by molar-refractivity contribution is -0.139. The summed E-state index contributed by atoms with van der Waals surface area (Å²) in [4.78, 5) is 11.2. The molecule has 0 saturated carbocycles. The summed E-state index contributed by atoms with van der Waals surface area (Å²) in [7, 11) is -2.38. The highest BCUT2D eigenvalue weighted by Crippen LogP contribution is 2.18. The van der Waals surface area contributed by atoms with Crippen molar-refractivity contribution in [3.05, 3.63) is 47.2 Å². The fourth-order valence-electron chi connectivity index (χ4n) is 1.69. The summed E-state index contributed by atoms with van der Waals surface area (Å²) in [5.41, 5.74) is 0.238. The maximum Gasteiger partial charge on any atom is 0.326 e. The van der Waals surface area contributed by atoms with Crippen molar-refractivity contribution in [2.45, 2.75) is 10.9 Å². The number of carboxylic acid groups (broad SMARTS) is 1. The Balaban J connectivity index is 2.32. The van der Waals surface area contributed by atoms with Crippen LogP contribution in [0.5, 0.6) is 0 Å². The van der Waals surface area contributed by atoms with Gasteiger partial charge >= 0.3 is 5.97 Å². The Labute approximate surface area is 126 Å². The van der Waals surface area contributed by atoms with Crippen LogP contribution in [0.15, 0.2) is 41.6 Å². The summed E-state index contributed by atoms with van der Waals surface area (Å²) in [6.07, 6.45) is 2.73. The van der Waals surface area contributed by atoms with Crippen molar-refractivity contribution in [2.24, 2.45) is 7.05 Å². The number of nitrogens with one attached hydrogen (secondary N) is 1. The number of nitrogens with zero attached hydrogens (tertiary/aromatic N) is 2. The Morgan fingerprint density at radius 1 is 1.38 bits per heavy atom. The maximum atomic E-state index is 12.2. The molecule has 2 N–H and O–H groups in total. The third-order valence-electron chi connectivity index (χ3n) is 2.70. The lowest BCUT2D eigenvalue weighted by Crippen LogP contribution is -2.33. The Bertz CT molecular complexity index is 755. The van der Waals surface area contributed by atoms with Gasteiger partial charge in [-0.15, -0.1) is 0 Å². The molecule has 7 nitrogen and oxygen atoms in total. The first-order chi connectivity index (χ1) is 9.79. The Kier molecular flexibility index (Phi) is 4.31. The zero-order valence-electron chi connectivity index (χ0n) is 10.9. The molecule has 0 radical (unpaired) electrons. The number of aromatic nitrogens is 2. The van der Waals surface area contributed by atoms with Gasteiger partial charge in [0.05, 0.1) is 11.1 Å². The highest BCUT2D eigenvalue weighted by atomic mass is 35.5. The van der Waals surface area contributed by atoms with Crippen LogP contribution in [0.2, 0.25) is 5.02 Å². The molecule has 0 aliphatic carbocycles. The first-order valence-corrected chi connectivity index (χ1v) is 7.65. The van der Waals surface area contributed by atoms with Crippen molar-refractivity contribution < 1.29 is 18.3 Å². The second-order valence-corrected chi connectivity index (χ2v) is 6.44. The zero-order chi connectivity index (χ0) is 15.6. The molecular weight excluding hydrogens is 318 g/mol. The minimum Gasteiger partial charge on any atom is -0.480 e. The number of aryl methyl sites for hydroxylation is 1. The minimum atomic E-state index is -3.99. The van der Waals surface area contributed by atoms with Crippen LogP contribution in [0.25, 0.3) is 0 Å². The van der Waals surface area contributed by atoms with Crippen molar-refractivity contribution in [2.75, 3.05) is 0 Å². The Morgan fingerprint density at radius 2 is 2.00 bits per heavy atom. The van der Waals surface area contributed by atoms with Gasteiger partial charge in [-0.1, -0.05) is 11.6 Å². The van der Waals surface area contributed by atoms with Gasteiger partial charge in [0.1, 0.15) is 6.04 Å². The molecule has 0 spiro atoms. The zero-order valence-corrected chi connectivity index (χ0v) is 12.5. The van der Waals surface area contributed by atoms with E-state index in [1.165, 1.54) is 41.3 Å². The van der Waals surface area contributed by atoms with Crippen LogP contribution in [-0.2, 0) is 21.9 Å². The van der Waals surface area contributed by atoms with Crippen LogP contribution in [0.1, 0.15) is 11.6 Å². The van der Waals surface area contributed by atoms with Crippen molar-refractivity contribution >= 4 is 27.6 Å². The van der Waals surface area contributed by atoms with Crippen LogP contribution in [0.4, 0.5) is 0 Å². The monoisotopic (exact) mass is 329 g/mol. The Hall–Kier alpha value is -1.90. The third kappa shape index (κ3) is 3.60. The largest absolute Gasteiger partial charge is 0.480 e. The van der Waals surface area contributed by atoms with Crippen molar-refractivity contribution in [1.29, 1.82) is 0 Å². The number of rotatable bonds is 5. The number of hydrogen-bond acceptors (Lipinski definition) is 4. The van der Waals surface area contributed by atoms with Gasteiger partial charge in [0.15, 0.2) is 0 Å². The van der Waals surface area contributed by atoms with E-state index in [1.54, 1.807) is 7.05 Å². The maximum absolute atomic E-state index is 12.2. The number of carbonyl (C=O) groups is 1. The summed E-state index contributed by atoms with van der Waals surface area (Å²) in [6.45, 7) is 0. The number of aliphatic carboxylic acids is 1. The highest BCUT2D eigenvalue weighted by Gasteiger charge is 2.27. The number of carboxylic acids is 1. The van der Waals surface area contributed by atoms with Crippen LogP contribution in [0.3, 0.4) is 0 Å². The second-order valence-electron chi connectivity index (χ2n) is 4.29. The number of hydrogen-bond donors (Lipinski definition) is 2. The van der Waals surface area contributed by atoms with E-state index in [0.29, 0.717) is 5.02 Å². The Morgan fingerprint density at radius 3 is 2.48 bits per heavy atom. The van der Waals surface area contributed by atoms with Gasteiger partial charge in [-0.2, -0.15) is 9.82 Å². The molecule has 1 aromatic heterocycles. The molecule has 0 amide bonds. The van der Waals surface area contributed by atoms with E-state index in [-0.39, 0.29) is 10.5 Å². The van der Waals surface area contributed by atoms with E-state index < -0.39 is 22.0 Å². The summed E-state index contributed by atoms with van der Waals surface area (Å²) in [5, 5.41) is 13.4. The molecule has 0 bridgehead atoms. The molecular formula is C12H12ClN3O4S. The third-order valence-corrected chi connectivity index (χ3v) is 4.39. The van der Waals surface area contributed by atoms with Gasteiger partial charge in [-0.3, -0.25) is 9.48 Å². The normalized spacial score (nSPS) is 13.0. The predicted molar refractivity (Wildman–Crippen MR) is 75.4 cm³/mol. The molecule has 0 aliphatic heterocycles. The number of halogens is 1. The van der Waals surface area contributed by atoms with Gasteiger partial charge in [-0.25, -0.2) is 8.42 Å². The van der Waals surface area contributed by atoms with E-state index in [0.717, 1.165) is 0 Å². The average Bonchev–Trinajstić information content (AvgIpc) is 2.82. The SMILES string of the molecule is Cn1cc(C(NS(=O)(=O)c2ccc(Cl)cc2)C(=O)O)cn1. The van der Waals surface area contributed by atoms with E-state index in [2.05, 4.69) is 9.82 Å². The van der Waals surface area contributed by atoms with E-state index >= 15 is 0 Å². The van der Waals surface area contributed by atoms with Gasteiger partial charge in [0, 0.05) is 23.8 Å². The van der Waals surface area contributed by atoms with Gasteiger partial charge in [0.25, 0.3) is 0 Å². The molecule has 2 rings (SSSR count). The molecule has 0 saturated heterocycles. The lowest BCUT2D eigenvalue weighted by Gasteiger charge is -2.13. The van der Waals surface area contributed by atoms with Crippen LogP contribution in [-0.4, -0.2) is 29.3 Å². The number of sulfonamides is 1. The van der Waals surface area contributed by atoms with Crippen LogP contribution >= 0.6 is 11.6 Å². The molecule has 9 heteroatoms. The molecule has 2 aromatic rings. The van der Waals surface area contributed by atoms with E-state index in [9.17, 15) is 18.3 Å². The summed E-state index contributed by atoms with van der Waals surface area (Å²) >= 11 is 5.70. The lowest BCUT2D eigenvalue weighted by atomic mass is 10.2. The fourth-order valence-corrected chi connectivity index (χ4v) is 2.99. The minimum absolute atomic E-state index is 0.0676. The molecule has 0 aliphatic rings. The van der Waals surface area contributed by atoms with Gasteiger partial charge in [-0.05, 0) is 24.3 Å². The molecule has 112 valence electrons. The quantitative estimate of drug-likeness (QED) is 0.857. The molecule has 1 heterocycles. The molecule has 0 fully saturated rings. The van der Waals surface area contributed by atoms with Crippen molar-refractivity contribution in [1.82, 2.24) is 14.5 Å². The van der Waals surface area contributed by atoms with Gasteiger partial charge in [0.2, 0.25) is 10.0 Å². The molecule has 1 atom stereocenters. The predicted octanol–water partition coefficient (Wildman–Crippen LogP) is 1.18. The first-order valence-electron chi connectivity index (χ1n) is 5.79. The second kappa shape index (κ2) is 5.84. The van der Waals surface area contributed by atoms with Crippen molar-refractivity contribution in [3.8, 4) is 0 Å². The number of benzene rings is 1. The topological polar surface area (TPSA) is 101 Å².